The van der Waals surface area contributed by atoms with Crippen molar-refractivity contribution in [2.24, 2.45) is 0 Å². The van der Waals surface area contributed by atoms with Crippen molar-refractivity contribution in [2.45, 2.75) is 6.42 Å². The Kier molecular flexibility index (Phi) is 3.14. The molecule has 1 rings (SSSR count). The van der Waals surface area contributed by atoms with E-state index in [1.54, 1.807) is 12.1 Å². The smallest absolute Gasteiger partial charge is 0.132 e. The van der Waals surface area contributed by atoms with E-state index >= 15 is 0 Å². The maximum atomic E-state index is 5.43. The first-order chi connectivity index (χ1) is 5.83. The summed E-state index contributed by atoms with van der Waals surface area (Å²) in [5.74, 6) is 1.08. The average Bonchev–Trinajstić information content (AvgIpc) is 2.05. The van der Waals surface area contributed by atoms with Crippen molar-refractivity contribution in [3.8, 4) is 5.75 Å². The highest BCUT2D eigenvalue weighted by molar-refractivity contribution is 5.34. The molecule has 0 aromatic carbocycles. The first-order valence-corrected chi connectivity index (χ1v) is 3.70. The largest absolute Gasteiger partial charge is 0.492 e. The standard InChI is InChI=1S/C9H11N2O/c1-2-3-6-12-8-4-5-11-9(10)7-8/h2,5,7H,1,3,6H2,(H2,10,11). The highest BCUT2D eigenvalue weighted by atomic mass is 16.5. The fourth-order valence-electron chi connectivity index (χ4n) is 0.719. The highest BCUT2D eigenvalue weighted by Gasteiger charge is 1.93. The quantitative estimate of drug-likeness (QED) is 0.539. The number of rotatable bonds is 4. The summed E-state index contributed by atoms with van der Waals surface area (Å²) in [5, 5.41) is 0. The maximum Gasteiger partial charge on any atom is 0.132 e. The van der Waals surface area contributed by atoms with Crippen LogP contribution in [0.5, 0.6) is 5.75 Å². The van der Waals surface area contributed by atoms with Gasteiger partial charge in [0.2, 0.25) is 0 Å². The summed E-state index contributed by atoms with van der Waals surface area (Å²) < 4.78 is 5.28. The predicted molar refractivity (Wildman–Crippen MR) is 47.8 cm³/mol. The van der Waals surface area contributed by atoms with Crippen LogP contribution in [0.2, 0.25) is 0 Å². The summed E-state index contributed by atoms with van der Waals surface area (Å²) >= 11 is 0. The van der Waals surface area contributed by atoms with Crippen molar-refractivity contribution in [1.29, 1.82) is 0 Å². The Hall–Kier alpha value is -1.51. The second-order valence-corrected chi connectivity index (χ2v) is 2.26. The molecule has 0 bridgehead atoms. The molecular weight excluding hydrogens is 152 g/mol. The minimum atomic E-state index is 0.447. The van der Waals surface area contributed by atoms with Crippen molar-refractivity contribution in [2.75, 3.05) is 12.3 Å². The summed E-state index contributed by atoms with van der Waals surface area (Å²) in [6, 6.07) is 4.46. The summed E-state index contributed by atoms with van der Waals surface area (Å²) in [4.78, 5) is 3.79. The van der Waals surface area contributed by atoms with E-state index in [9.17, 15) is 0 Å². The van der Waals surface area contributed by atoms with Gasteiger partial charge in [0, 0.05) is 18.3 Å². The van der Waals surface area contributed by atoms with Gasteiger partial charge in [-0.2, -0.15) is 0 Å². The van der Waals surface area contributed by atoms with E-state index in [1.165, 1.54) is 6.20 Å². The first-order valence-electron chi connectivity index (χ1n) is 3.70. The Balaban J connectivity index is 2.46. The Morgan fingerprint density at radius 2 is 2.58 bits per heavy atom. The SMILES string of the molecule is C=CCCOc1[c]cnc(N)c1. The average molecular weight is 163 g/mol. The van der Waals surface area contributed by atoms with E-state index in [0.29, 0.717) is 18.2 Å². The number of anilines is 1. The second kappa shape index (κ2) is 4.38. The van der Waals surface area contributed by atoms with Gasteiger partial charge in [0.15, 0.2) is 0 Å². The van der Waals surface area contributed by atoms with E-state index in [-0.39, 0.29) is 0 Å². The van der Waals surface area contributed by atoms with Crippen molar-refractivity contribution in [3.05, 3.63) is 31.0 Å². The number of hydrogen-bond acceptors (Lipinski definition) is 3. The molecule has 1 aromatic heterocycles. The van der Waals surface area contributed by atoms with Gasteiger partial charge >= 0.3 is 0 Å². The monoisotopic (exact) mass is 163 g/mol. The summed E-state index contributed by atoms with van der Waals surface area (Å²) in [6.07, 6.45) is 4.11. The molecule has 0 spiro atoms. The van der Waals surface area contributed by atoms with Crippen molar-refractivity contribution in [1.82, 2.24) is 4.98 Å². The molecule has 0 atom stereocenters. The minimum Gasteiger partial charge on any atom is -0.492 e. The van der Waals surface area contributed by atoms with E-state index in [0.717, 1.165) is 6.42 Å². The van der Waals surface area contributed by atoms with Crippen LogP contribution in [0.25, 0.3) is 0 Å². The molecule has 0 aliphatic carbocycles. The molecule has 0 amide bonds. The van der Waals surface area contributed by atoms with E-state index < -0.39 is 0 Å². The zero-order valence-corrected chi connectivity index (χ0v) is 6.79. The van der Waals surface area contributed by atoms with Crippen LogP contribution in [0.4, 0.5) is 5.82 Å². The molecule has 0 aliphatic rings. The Labute approximate surface area is 71.9 Å². The summed E-state index contributed by atoms with van der Waals surface area (Å²) in [7, 11) is 0. The highest BCUT2D eigenvalue weighted by Crippen LogP contribution is 2.10. The Bertz CT molecular complexity index is 260. The van der Waals surface area contributed by atoms with Crippen LogP contribution in [0.3, 0.4) is 0 Å². The summed E-state index contributed by atoms with van der Waals surface area (Å²) in [6.45, 7) is 4.18. The Morgan fingerprint density at radius 1 is 1.75 bits per heavy atom. The van der Waals surface area contributed by atoms with E-state index in [4.69, 9.17) is 10.5 Å². The molecule has 0 fully saturated rings. The molecule has 0 aliphatic heterocycles. The topological polar surface area (TPSA) is 48.1 Å². The molecule has 0 saturated carbocycles. The number of nitrogen functional groups attached to an aromatic ring is 1. The number of ether oxygens (including phenoxy) is 1. The third-order valence-electron chi connectivity index (χ3n) is 1.28. The van der Waals surface area contributed by atoms with Gasteiger partial charge in [0.25, 0.3) is 0 Å². The normalized spacial score (nSPS) is 9.33. The zero-order chi connectivity index (χ0) is 8.81. The molecule has 0 unspecified atom stereocenters. The maximum absolute atomic E-state index is 5.43. The third-order valence-corrected chi connectivity index (χ3v) is 1.28. The second-order valence-electron chi connectivity index (χ2n) is 2.26. The van der Waals surface area contributed by atoms with Gasteiger partial charge in [0.1, 0.15) is 11.6 Å². The van der Waals surface area contributed by atoms with Gasteiger partial charge in [-0.05, 0) is 6.42 Å². The Morgan fingerprint density at radius 3 is 3.25 bits per heavy atom. The van der Waals surface area contributed by atoms with Crippen molar-refractivity contribution < 1.29 is 4.74 Å². The molecule has 63 valence electrons. The van der Waals surface area contributed by atoms with Crippen molar-refractivity contribution >= 4 is 5.82 Å². The van der Waals surface area contributed by atoms with Crippen LogP contribution in [0.1, 0.15) is 6.42 Å². The number of aromatic nitrogens is 1. The third kappa shape index (κ3) is 2.62. The molecule has 12 heavy (non-hydrogen) atoms. The molecule has 3 heteroatoms. The van der Waals surface area contributed by atoms with Crippen LogP contribution >= 0.6 is 0 Å². The number of hydrogen-bond donors (Lipinski definition) is 1. The van der Waals surface area contributed by atoms with Crippen LogP contribution < -0.4 is 10.5 Å². The molecular formula is C9H11N2O. The predicted octanol–water partition coefficient (Wildman–Crippen LogP) is 1.42. The van der Waals surface area contributed by atoms with Crippen LogP contribution in [-0.2, 0) is 0 Å². The lowest BCUT2D eigenvalue weighted by atomic mass is 10.4. The van der Waals surface area contributed by atoms with E-state index in [1.807, 2.05) is 0 Å². The molecule has 1 radical (unpaired) electrons. The lowest BCUT2D eigenvalue weighted by Crippen LogP contribution is -1.97. The van der Waals surface area contributed by atoms with Gasteiger partial charge in [-0.25, -0.2) is 4.98 Å². The molecule has 2 N–H and O–H groups in total. The number of nitrogens with zero attached hydrogens (tertiary/aromatic N) is 1. The van der Waals surface area contributed by atoms with Crippen LogP contribution in [-0.4, -0.2) is 11.6 Å². The fourth-order valence-corrected chi connectivity index (χ4v) is 0.719. The van der Waals surface area contributed by atoms with Gasteiger partial charge in [-0.15, -0.1) is 6.58 Å². The number of pyridine rings is 1. The molecule has 0 saturated heterocycles. The lowest BCUT2D eigenvalue weighted by molar-refractivity contribution is 0.324. The van der Waals surface area contributed by atoms with Gasteiger partial charge in [0.05, 0.1) is 6.61 Å². The van der Waals surface area contributed by atoms with E-state index in [2.05, 4.69) is 17.6 Å². The van der Waals surface area contributed by atoms with Crippen LogP contribution in [0, 0.1) is 6.07 Å². The first kappa shape index (κ1) is 8.59. The zero-order valence-electron chi connectivity index (χ0n) is 6.79. The van der Waals surface area contributed by atoms with Gasteiger partial charge in [-0.1, -0.05) is 6.08 Å². The van der Waals surface area contributed by atoms with Crippen molar-refractivity contribution in [3.63, 3.8) is 0 Å². The summed E-state index contributed by atoms with van der Waals surface area (Å²) in [5.41, 5.74) is 5.43. The molecule has 1 aromatic rings. The molecule has 1 heterocycles. The minimum absolute atomic E-state index is 0.447. The van der Waals surface area contributed by atoms with Gasteiger partial charge < -0.3 is 10.5 Å². The fraction of sp³-hybridized carbons (Fsp3) is 0.222. The molecule has 3 nitrogen and oxygen atoms in total. The van der Waals surface area contributed by atoms with Crippen LogP contribution in [0.15, 0.2) is 24.9 Å². The number of nitrogens with two attached hydrogens (primary N) is 1. The lowest BCUT2D eigenvalue weighted by Gasteiger charge is -2.02. The van der Waals surface area contributed by atoms with Gasteiger partial charge in [-0.3, -0.25) is 0 Å².